The maximum absolute atomic E-state index is 12.7. The number of amides is 2. The Bertz CT molecular complexity index is 755. The number of rotatable bonds is 9. The van der Waals surface area contributed by atoms with Gasteiger partial charge in [-0.15, -0.1) is 0 Å². The van der Waals surface area contributed by atoms with Gasteiger partial charge in [-0.05, 0) is 49.1 Å². The number of carbonyl (C=O) groups excluding carboxylic acids is 2. The molecule has 0 atom stereocenters. The zero-order valence-electron chi connectivity index (χ0n) is 15.7. The van der Waals surface area contributed by atoms with Crippen molar-refractivity contribution in [3.05, 3.63) is 65.7 Å². The average Bonchev–Trinajstić information content (AvgIpc) is 3.55. The molecular formula is C22H26N2O3. The maximum Gasteiger partial charge on any atom is 0.251 e. The molecule has 0 unspecified atom stereocenters. The SMILES string of the molecule is COc1ccc(CN(C(=O)CCCNC(=O)c2ccccc2)C2CC2)cc1. The summed E-state index contributed by atoms with van der Waals surface area (Å²) in [5.41, 5.74) is 1.75. The molecule has 0 aromatic heterocycles. The standard InChI is InChI=1S/C22H26N2O3/c1-27-20-13-9-17(10-14-20)16-24(19-11-12-19)21(25)8-5-15-23-22(26)18-6-3-2-4-7-18/h2-4,6-7,9-10,13-14,19H,5,8,11-12,15-16H2,1H3,(H,23,26). The van der Waals surface area contributed by atoms with E-state index in [-0.39, 0.29) is 11.8 Å². The van der Waals surface area contributed by atoms with Crippen molar-refractivity contribution in [1.82, 2.24) is 10.2 Å². The molecule has 1 N–H and O–H groups in total. The van der Waals surface area contributed by atoms with Gasteiger partial charge in [-0.1, -0.05) is 30.3 Å². The number of benzene rings is 2. The Morgan fingerprint density at radius 3 is 2.41 bits per heavy atom. The Kier molecular flexibility index (Phi) is 6.47. The Labute approximate surface area is 160 Å². The normalized spacial score (nSPS) is 13.1. The van der Waals surface area contributed by atoms with E-state index in [1.807, 2.05) is 47.4 Å². The second kappa shape index (κ2) is 9.21. The number of hydrogen-bond donors (Lipinski definition) is 1. The summed E-state index contributed by atoms with van der Waals surface area (Å²) in [7, 11) is 1.64. The van der Waals surface area contributed by atoms with Gasteiger partial charge in [-0.25, -0.2) is 0 Å². The summed E-state index contributed by atoms with van der Waals surface area (Å²) in [6.07, 6.45) is 3.24. The van der Waals surface area contributed by atoms with Crippen molar-refractivity contribution in [2.24, 2.45) is 0 Å². The van der Waals surface area contributed by atoms with Crippen LogP contribution in [-0.4, -0.2) is 36.4 Å². The van der Waals surface area contributed by atoms with Gasteiger partial charge in [-0.3, -0.25) is 9.59 Å². The van der Waals surface area contributed by atoms with Crippen LogP contribution in [-0.2, 0) is 11.3 Å². The highest BCUT2D eigenvalue weighted by atomic mass is 16.5. The van der Waals surface area contributed by atoms with Gasteiger partial charge < -0.3 is 15.0 Å². The molecule has 142 valence electrons. The zero-order valence-corrected chi connectivity index (χ0v) is 15.7. The van der Waals surface area contributed by atoms with E-state index < -0.39 is 0 Å². The van der Waals surface area contributed by atoms with Gasteiger partial charge in [0.1, 0.15) is 5.75 Å². The molecule has 0 heterocycles. The van der Waals surface area contributed by atoms with Crippen molar-refractivity contribution in [1.29, 1.82) is 0 Å². The third-order valence-corrected chi connectivity index (χ3v) is 4.71. The summed E-state index contributed by atoms with van der Waals surface area (Å²) < 4.78 is 5.18. The summed E-state index contributed by atoms with van der Waals surface area (Å²) >= 11 is 0. The maximum atomic E-state index is 12.7. The molecule has 27 heavy (non-hydrogen) atoms. The van der Waals surface area contributed by atoms with Gasteiger partial charge >= 0.3 is 0 Å². The van der Waals surface area contributed by atoms with E-state index in [2.05, 4.69) is 5.32 Å². The fraction of sp³-hybridized carbons (Fsp3) is 0.364. The zero-order chi connectivity index (χ0) is 19.1. The van der Waals surface area contributed by atoms with Crippen LogP contribution in [0.5, 0.6) is 5.75 Å². The third kappa shape index (κ3) is 5.58. The molecule has 1 saturated carbocycles. The first-order valence-electron chi connectivity index (χ1n) is 9.43. The molecule has 5 heteroatoms. The van der Waals surface area contributed by atoms with Crippen LogP contribution in [0.25, 0.3) is 0 Å². The predicted octanol–water partition coefficient (Wildman–Crippen LogP) is 3.40. The molecule has 1 fully saturated rings. The van der Waals surface area contributed by atoms with Gasteiger partial charge in [0.05, 0.1) is 7.11 Å². The van der Waals surface area contributed by atoms with E-state index in [4.69, 9.17) is 4.74 Å². The lowest BCUT2D eigenvalue weighted by Gasteiger charge is -2.23. The van der Waals surface area contributed by atoms with E-state index in [9.17, 15) is 9.59 Å². The molecular weight excluding hydrogens is 340 g/mol. The topological polar surface area (TPSA) is 58.6 Å². The Balaban J connectivity index is 1.45. The van der Waals surface area contributed by atoms with Crippen LogP contribution < -0.4 is 10.1 Å². The molecule has 0 spiro atoms. The van der Waals surface area contributed by atoms with E-state index in [0.29, 0.717) is 37.5 Å². The number of hydrogen-bond acceptors (Lipinski definition) is 3. The largest absolute Gasteiger partial charge is 0.497 e. The highest BCUT2D eigenvalue weighted by Gasteiger charge is 2.32. The fourth-order valence-electron chi connectivity index (χ4n) is 3.01. The molecule has 3 rings (SSSR count). The molecule has 1 aliphatic carbocycles. The summed E-state index contributed by atoms with van der Waals surface area (Å²) in [5, 5.41) is 2.88. The van der Waals surface area contributed by atoms with Crippen molar-refractivity contribution in [2.45, 2.75) is 38.3 Å². The van der Waals surface area contributed by atoms with Crippen LogP contribution in [0.4, 0.5) is 0 Å². The lowest BCUT2D eigenvalue weighted by atomic mass is 10.1. The molecule has 0 bridgehead atoms. The molecule has 0 aliphatic heterocycles. The van der Waals surface area contributed by atoms with Gasteiger partial charge in [0.25, 0.3) is 5.91 Å². The Morgan fingerprint density at radius 1 is 1.07 bits per heavy atom. The summed E-state index contributed by atoms with van der Waals surface area (Å²) in [6, 6.07) is 17.3. The minimum Gasteiger partial charge on any atom is -0.497 e. The second-order valence-electron chi connectivity index (χ2n) is 6.83. The van der Waals surface area contributed by atoms with E-state index in [1.165, 1.54) is 0 Å². The Morgan fingerprint density at radius 2 is 1.78 bits per heavy atom. The van der Waals surface area contributed by atoms with Gasteiger partial charge in [-0.2, -0.15) is 0 Å². The minimum absolute atomic E-state index is 0.0969. The van der Waals surface area contributed by atoms with Gasteiger partial charge in [0.15, 0.2) is 0 Å². The van der Waals surface area contributed by atoms with Gasteiger partial charge in [0.2, 0.25) is 5.91 Å². The highest BCUT2D eigenvalue weighted by Crippen LogP contribution is 2.29. The Hall–Kier alpha value is -2.82. The number of carbonyl (C=O) groups is 2. The second-order valence-corrected chi connectivity index (χ2v) is 6.83. The van der Waals surface area contributed by atoms with Crippen molar-refractivity contribution < 1.29 is 14.3 Å². The van der Waals surface area contributed by atoms with Crippen LogP contribution in [0.2, 0.25) is 0 Å². The average molecular weight is 366 g/mol. The van der Waals surface area contributed by atoms with E-state index in [1.54, 1.807) is 19.2 Å². The predicted molar refractivity (Wildman–Crippen MR) is 105 cm³/mol. The van der Waals surface area contributed by atoms with Crippen LogP contribution >= 0.6 is 0 Å². The number of ether oxygens (including phenoxy) is 1. The number of methoxy groups -OCH3 is 1. The van der Waals surface area contributed by atoms with Crippen molar-refractivity contribution in [2.75, 3.05) is 13.7 Å². The smallest absolute Gasteiger partial charge is 0.251 e. The van der Waals surface area contributed by atoms with Crippen LogP contribution in [0.15, 0.2) is 54.6 Å². The molecule has 2 amide bonds. The molecule has 2 aromatic rings. The first-order chi connectivity index (χ1) is 13.2. The fourth-order valence-corrected chi connectivity index (χ4v) is 3.01. The van der Waals surface area contributed by atoms with Crippen molar-refractivity contribution in [3.8, 4) is 5.75 Å². The first kappa shape index (κ1) is 19.0. The lowest BCUT2D eigenvalue weighted by molar-refractivity contribution is -0.132. The first-order valence-corrected chi connectivity index (χ1v) is 9.43. The van der Waals surface area contributed by atoms with Crippen molar-refractivity contribution >= 4 is 11.8 Å². The van der Waals surface area contributed by atoms with Gasteiger partial charge in [0, 0.05) is 31.1 Å². The molecule has 1 aliphatic rings. The summed E-state index contributed by atoms with van der Waals surface area (Å²) in [4.78, 5) is 26.6. The van der Waals surface area contributed by atoms with Crippen LogP contribution in [0.1, 0.15) is 41.6 Å². The van der Waals surface area contributed by atoms with Crippen LogP contribution in [0, 0.1) is 0 Å². The van der Waals surface area contributed by atoms with E-state index >= 15 is 0 Å². The molecule has 2 aromatic carbocycles. The summed E-state index contributed by atoms with van der Waals surface area (Å²) in [5.74, 6) is 0.875. The highest BCUT2D eigenvalue weighted by molar-refractivity contribution is 5.94. The third-order valence-electron chi connectivity index (χ3n) is 4.71. The van der Waals surface area contributed by atoms with Crippen molar-refractivity contribution in [3.63, 3.8) is 0 Å². The molecule has 5 nitrogen and oxygen atoms in total. The molecule has 0 radical (unpaired) electrons. The quantitative estimate of drug-likeness (QED) is 0.692. The lowest BCUT2D eigenvalue weighted by Crippen LogP contribution is -2.33. The van der Waals surface area contributed by atoms with Crippen LogP contribution in [0.3, 0.4) is 0 Å². The monoisotopic (exact) mass is 366 g/mol. The minimum atomic E-state index is -0.0969. The van der Waals surface area contributed by atoms with E-state index in [0.717, 1.165) is 24.2 Å². The summed E-state index contributed by atoms with van der Waals surface area (Å²) in [6.45, 7) is 1.13. The number of nitrogens with one attached hydrogen (secondary N) is 1. The number of nitrogens with zero attached hydrogens (tertiary/aromatic N) is 1. The molecule has 0 saturated heterocycles.